The molecule has 4 rings (SSSR count). The van der Waals surface area contributed by atoms with E-state index in [4.69, 9.17) is 0 Å². The first kappa shape index (κ1) is 23.6. The summed E-state index contributed by atoms with van der Waals surface area (Å²) in [4.78, 5) is 37.8. The number of benzene rings is 2. The molecule has 2 unspecified atom stereocenters. The summed E-state index contributed by atoms with van der Waals surface area (Å²) in [6, 6.07) is 13.5. The number of carbonyl (C=O) groups excluding carboxylic acids is 2. The van der Waals surface area contributed by atoms with Gasteiger partial charge in [0.25, 0.3) is 5.69 Å². The van der Waals surface area contributed by atoms with Gasteiger partial charge in [-0.15, -0.1) is 0 Å². The topological polar surface area (TPSA) is 114 Å². The van der Waals surface area contributed by atoms with Crippen molar-refractivity contribution in [3.63, 3.8) is 0 Å². The van der Waals surface area contributed by atoms with E-state index in [2.05, 4.69) is 29.7 Å². The van der Waals surface area contributed by atoms with E-state index in [0.29, 0.717) is 35.8 Å². The Balaban J connectivity index is 1.62. The Morgan fingerprint density at radius 3 is 2.15 bits per heavy atom. The van der Waals surface area contributed by atoms with Crippen molar-refractivity contribution >= 4 is 34.5 Å². The number of nitro groups is 1. The Morgan fingerprint density at radius 1 is 1.00 bits per heavy atom. The van der Waals surface area contributed by atoms with Gasteiger partial charge in [-0.3, -0.25) is 25.1 Å². The van der Waals surface area contributed by atoms with Crippen LogP contribution in [-0.2, 0) is 9.59 Å². The van der Waals surface area contributed by atoms with Crippen molar-refractivity contribution in [3.05, 3.63) is 64.2 Å². The highest BCUT2D eigenvalue weighted by atomic mass is 16.6. The van der Waals surface area contributed by atoms with Crippen LogP contribution in [0.15, 0.2) is 53.6 Å². The molecular formula is C26H30N4O4. The number of nitro benzene ring substituents is 1. The summed E-state index contributed by atoms with van der Waals surface area (Å²) in [7, 11) is 0. The third-order valence-corrected chi connectivity index (χ3v) is 8.17. The first-order chi connectivity index (χ1) is 15.9. The second-order valence-electron chi connectivity index (χ2n) is 10.3. The van der Waals surface area contributed by atoms with Crippen LogP contribution in [0.3, 0.4) is 0 Å². The third kappa shape index (κ3) is 3.31. The lowest BCUT2D eigenvalue weighted by molar-refractivity contribution is -0.384. The number of hydrogen-bond acceptors (Lipinski definition) is 6. The van der Waals surface area contributed by atoms with E-state index < -0.39 is 21.2 Å². The number of nitrogens with zero attached hydrogens (tertiary/aromatic N) is 2. The number of ketones is 1. The Kier molecular flexibility index (Phi) is 5.58. The molecule has 0 aromatic heterocycles. The number of fused-ring (bicyclic) bond motifs is 2. The molecule has 2 aromatic carbocycles. The number of Topliss-reactive ketones (excluding diaryl/α,β-unsaturated/α-hetero) is 1. The zero-order chi connectivity index (χ0) is 24.9. The molecule has 8 heteroatoms. The molecule has 2 fully saturated rings. The van der Waals surface area contributed by atoms with Crippen LogP contribution >= 0.6 is 0 Å². The monoisotopic (exact) mass is 462 g/mol. The normalized spacial score (nSPS) is 26.2. The van der Waals surface area contributed by atoms with Gasteiger partial charge < -0.3 is 5.32 Å². The standard InChI is InChI=1S/C26H30N4O4/c1-16(2)17-6-8-18(9-7-17)27-23(32)26-15-14-25(5,24(26,3)4)21(22(26)31)29-28-19-10-12-20(13-11-19)30(33)34/h6-13,16,28H,14-15H2,1-5H3,(H,27,32)/b29-21+. The molecule has 0 radical (unpaired) electrons. The van der Waals surface area contributed by atoms with Crippen LogP contribution in [0.4, 0.5) is 17.1 Å². The summed E-state index contributed by atoms with van der Waals surface area (Å²) in [5.41, 5.74) is 3.10. The largest absolute Gasteiger partial charge is 0.325 e. The van der Waals surface area contributed by atoms with Gasteiger partial charge >= 0.3 is 0 Å². The minimum absolute atomic E-state index is 0.0284. The lowest BCUT2D eigenvalue weighted by atomic mass is 9.64. The van der Waals surface area contributed by atoms with Crippen LogP contribution in [0.25, 0.3) is 0 Å². The van der Waals surface area contributed by atoms with Gasteiger partial charge in [0.2, 0.25) is 5.91 Å². The number of amides is 1. The maximum Gasteiger partial charge on any atom is 0.269 e. The molecule has 2 bridgehead atoms. The van der Waals surface area contributed by atoms with Crippen molar-refractivity contribution in [1.29, 1.82) is 0 Å². The van der Waals surface area contributed by atoms with Gasteiger partial charge in [0.05, 0.1) is 10.6 Å². The molecule has 2 aliphatic carbocycles. The molecule has 8 nitrogen and oxygen atoms in total. The van der Waals surface area contributed by atoms with Gasteiger partial charge in [-0.05, 0) is 54.0 Å². The molecule has 2 saturated carbocycles. The number of nitrogens with one attached hydrogen (secondary N) is 2. The van der Waals surface area contributed by atoms with Crippen LogP contribution in [0.1, 0.15) is 58.9 Å². The summed E-state index contributed by atoms with van der Waals surface area (Å²) in [6.07, 6.45) is 1.12. The predicted molar refractivity (Wildman–Crippen MR) is 132 cm³/mol. The van der Waals surface area contributed by atoms with Gasteiger partial charge in [-0.1, -0.05) is 46.8 Å². The van der Waals surface area contributed by atoms with Crippen molar-refractivity contribution < 1.29 is 14.5 Å². The quantitative estimate of drug-likeness (QED) is 0.333. The van der Waals surface area contributed by atoms with Crippen molar-refractivity contribution in [2.45, 2.75) is 53.4 Å². The highest BCUT2D eigenvalue weighted by Crippen LogP contribution is 2.69. The lowest BCUT2D eigenvalue weighted by Crippen LogP contribution is -2.47. The van der Waals surface area contributed by atoms with Crippen LogP contribution in [0.5, 0.6) is 0 Å². The van der Waals surface area contributed by atoms with Gasteiger partial charge in [0, 0.05) is 23.2 Å². The number of hydrogen-bond donors (Lipinski definition) is 2. The first-order valence-corrected chi connectivity index (χ1v) is 11.5. The third-order valence-electron chi connectivity index (χ3n) is 8.17. The Bertz CT molecular complexity index is 1180. The van der Waals surface area contributed by atoms with Gasteiger partial charge in [0.1, 0.15) is 11.1 Å². The summed E-state index contributed by atoms with van der Waals surface area (Å²) >= 11 is 0. The lowest BCUT2D eigenvalue weighted by Gasteiger charge is -2.37. The molecule has 2 atom stereocenters. The highest BCUT2D eigenvalue weighted by molar-refractivity contribution is 6.51. The van der Waals surface area contributed by atoms with Crippen molar-refractivity contribution in [2.75, 3.05) is 10.7 Å². The fourth-order valence-electron chi connectivity index (χ4n) is 5.44. The number of carbonyl (C=O) groups is 2. The smallest absolute Gasteiger partial charge is 0.269 e. The number of non-ortho nitro benzene ring substituents is 1. The SMILES string of the molecule is CC(C)c1ccc(NC(=O)C23CCC(C)(/C(=N/Nc4ccc([N+](=O)[O-])cc4)C2=O)C3(C)C)cc1. The molecule has 2 aliphatic rings. The minimum atomic E-state index is -1.21. The van der Waals surface area contributed by atoms with E-state index in [9.17, 15) is 19.7 Å². The summed E-state index contributed by atoms with van der Waals surface area (Å²) in [5.74, 6) is -0.183. The Hall–Kier alpha value is -3.55. The number of hydrazone groups is 1. The molecule has 1 amide bonds. The summed E-state index contributed by atoms with van der Waals surface area (Å²) < 4.78 is 0. The van der Waals surface area contributed by atoms with Crippen LogP contribution in [-0.4, -0.2) is 22.3 Å². The van der Waals surface area contributed by atoms with Crippen LogP contribution in [0, 0.1) is 26.4 Å². The molecule has 0 spiro atoms. The van der Waals surface area contributed by atoms with Crippen molar-refractivity contribution in [2.24, 2.45) is 21.3 Å². The van der Waals surface area contributed by atoms with Crippen molar-refractivity contribution in [1.82, 2.24) is 0 Å². The summed E-state index contributed by atoms with van der Waals surface area (Å²) in [5, 5.41) is 18.3. The molecule has 0 saturated heterocycles. The van der Waals surface area contributed by atoms with Crippen LogP contribution < -0.4 is 10.7 Å². The maximum absolute atomic E-state index is 13.7. The first-order valence-electron chi connectivity index (χ1n) is 11.5. The Labute approximate surface area is 199 Å². The predicted octanol–water partition coefficient (Wildman–Crippen LogP) is 5.52. The molecule has 34 heavy (non-hydrogen) atoms. The van der Waals surface area contributed by atoms with E-state index >= 15 is 0 Å². The van der Waals surface area contributed by atoms with E-state index in [-0.39, 0.29) is 17.4 Å². The van der Waals surface area contributed by atoms with E-state index in [1.807, 2.05) is 45.0 Å². The molecule has 178 valence electrons. The molecule has 0 heterocycles. The Morgan fingerprint density at radius 2 is 1.59 bits per heavy atom. The van der Waals surface area contributed by atoms with E-state index in [1.54, 1.807) is 0 Å². The fraction of sp³-hybridized carbons (Fsp3) is 0.423. The maximum atomic E-state index is 13.7. The summed E-state index contributed by atoms with van der Waals surface area (Å²) in [6.45, 7) is 10.1. The minimum Gasteiger partial charge on any atom is -0.325 e. The molecule has 0 aliphatic heterocycles. The average Bonchev–Trinajstić information content (AvgIpc) is 3.07. The second kappa shape index (κ2) is 8.04. The second-order valence-corrected chi connectivity index (χ2v) is 10.3. The van der Waals surface area contributed by atoms with E-state index in [1.165, 1.54) is 29.8 Å². The highest BCUT2D eigenvalue weighted by Gasteiger charge is 2.76. The van der Waals surface area contributed by atoms with Crippen molar-refractivity contribution in [3.8, 4) is 0 Å². The van der Waals surface area contributed by atoms with Gasteiger partial charge in [0.15, 0.2) is 5.78 Å². The molecule has 2 N–H and O–H groups in total. The zero-order valence-corrected chi connectivity index (χ0v) is 20.1. The number of rotatable bonds is 6. The average molecular weight is 463 g/mol. The van der Waals surface area contributed by atoms with Crippen LogP contribution in [0.2, 0.25) is 0 Å². The van der Waals surface area contributed by atoms with Gasteiger partial charge in [-0.25, -0.2) is 0 Å². The fourth-order valence-corrected chi connectivity index (χ4v) is 5.44. The van der Waals surface area contributed by atoms with E-state index in [0.717, 1.165) is 0 Å². The zero-order valence-electron chi connectivity index (χ0n) is 20.1. The molecule has 2 aromatic rings. The van der Waals surface area contributed by atoms with Gasteiger partial charge in [-0.2, -0.15) is 5.10 Å². The number of anilines is 2. The molecular weight excluding hydrogens is 432 g/mol.